The number of ether oxygens (including phenoxy) is 1. The third kappa shape index (κ3) is 2.94. The van der Waals surface area contributed by atoms with Gasteiger partial charge in [0.25, 0.3) is 0 Å². The number of nitrogens with two attached hydrogens (primary N) is 1. The Morgan fingerprint density at radius 2 is 2.29 bits per heavy atom. The molecule has 1 unspecified atom stereocenters. The van der Waals surface area contributed by atoms with Gasteiger partial charge in [0, 0.05) is 0 Å². The molecular weight excluding hydrogens is 236 g/mol. The van der Waals surface area contributed by atoms with Gasteiger partial charge < -0.3 is 15.8 Å². The zero-order valence-corrected chi connectivity index (χ0v) is 10.1. The Kier molecular flexibility index (Phi) is 3.58. The summed E-state index contributed by atoms with van der Waals surface area (Å²) in [5.74, 6) is 0.637. The van der Waals surface area contributed by atoms with Gasteiger partial charge in [-0.3, -0.25) is 4.79 Å². The van der Waals surface area contributed by atoms with Crippen LogP contribution in [0.1, 0.15) is 5.56 Å². The lowest BCUT2D eigenvalue weighted by Gasteiger charge is -2.24. The van der Waals surface area contributed by atoms with Crippen LogP contribution in [0.15, 0.2) is 24.3 Å². The summed E-state index contributed by atoms with van der Waals surface area (Å²) in [6, 6.07) is 7.75. The van der Waals surface area contributed by atoms with Gasteiger partial charge in [-0.2, -0.15) is 0 Å². The minimum atomic E-state index is -0.167. The zero-order chi connectivity index (χ0) is 12.3. The molecule has 1 amide bonds. The topological polar surface area (TPSA) is 64.3 Å². The zero-order valence-electron chi connectivity index (χ0n) is 9.31. The number of para-hydroxylation sites is 1. The molecule has 90 valence electrons. The highest BCUT2D eigenvalue weighted by Crippen LogP contribution is 2.26. The first kappa shape index (κ1) is 11.9. The highest BCUT2D eigenvalue weighted by molar-refractivity contribution is 7.80. The quantitative estimate of drug-likeness (QED) is 0.773. The number of fused-ring (bicyclic) bond motifs is 1. The predicted molar refractivity (Wildman–Crippen MR) is 68.9 cm³/mol. The molecule has 5 heteroatoms. The van der Waals surface area contributed by atoms with E-state index in [1.54, 1.807) is 0 Å². The van der Waals surface area contributed by atoms with Crippen molar-refractivity contribution in [2.24, 2.45) is 11.7 Å². The Balaban J connectivity index is 1.97. The Morgan fingerprint density at radius 1 is 1.53 bits per heavy atom. The van der Waals surface area contributed by atoms with Gasteiger partial charge in [0.2, 0.25) is 5.91 Å². The van der Waals surface area contributed by atoms with Crippen LogP contribution in [0, 0.1) is 5.92 Å². The second kappa shape index (κ2) is 5.14. The van der Waals surface area contributed by atoms with Crippen molar-refractivity contribution in [1.82, 2.24) is 5.32 Å². The molecule has 0 saturated carbocycles. The van der Waals surface area contributed by atoms with Crippen molar-refractivity contribution in [1.29, 1.82) is 0 Å². The molecule has 1 aliphatic heterocycles. The van der Waals surface area contributed by atoms with E-state index in [2.05, 4.69) is 5.32 Å². The number of hydrogen-bond acceptors (Lipinski definition) is 3. The van der Waals surface area contributed by atoms with Crippen LogP contribution in [-0.4, -0.2) is 24.0 Å². The van der Waals surface area contributed by atoms with E-state index in [0.29, 0.717) is 13.0 Å². The summed E-state index contributed by atoms with van der Waals surface area (Å²) in [5, 5.41) is 2.70. The molecule has 0 aromatic heterocycles. The number of benzene rings is 1. The van der Waals surface area contributed by atoms with Gasteiger partial charge in [-0.15, -0.1) is 0 Å². The lowest BCUT2D eigenvalue weighted by Crippen LogP contribution is -2.40. The van der Waals surface area contributed by atoms with Gasteiger partial charge >= 0.3 is 0 Å². The second-order valence-corrected chi connectivity index (χ2v) is 4.53. The summed E-state index contributed by atoms with van der Waals surface area (Å²) in [4.78, 5) is 12.1. The van der Waals surface area contributed by atoms with Crippen LogP contribution in [-0.2, 0) is 11.2 Å². The summed E-state index contributed by atoms with van der Waals surface area (Å²) >= 11 is 4.71. The molecular formula is C12H14N2O2S. The van der Waals surface area contributed by atoms with Gasteiger partial charge in [0.1, 0.15) is 12.4 Å². The first-order valence-electron chi connectivity index (χ1n) is 5.43. The molecule has 1 heterocycles. The standard InChI is InChI=1S/C12H14N2O2S/c13-11(17)6-14-12(15)9-5-8-3-1-2-4-10(8)16-7-9/h1-4,9H,5-7H2,(H2,13,17)(H,14,15). The Morgan fingerprint density at radius 3 is 3.06 bits per heavy atom. The third-order valence-corrected chi connectivity index (χ3v) is 2.83. The van der Waals surface area contributed by atoms with Gasteiger partial charge in [-0.25, -0.2) is 0 Å². The molecule has 2 rings (SSSR count). The van der Waals surface area contributed by atoms with Crippen LogP contribution in [0.2, 0.25) is 0 Å². The first-order chi connectivity index (χ1) is 8.16. The van der Waals surface area contributed by atoms with Gasteiger partial charge in [-0.05, 0) is 18.1 Å². The van der Waals surface area contributed by atoms with E-state index < -0.39 is 0 Å². The van der Waals surface area contributed by atoms with Gasteiger partial charge in [0.15, 0.2) is 0 Å². The number of rotatable bonds is 3. The maximum absolute atomic E-state index is 11.8. The second-order valence-electron chi connectivity index (χ2n) is 4.00. The largest absolute Gasteiger partial charge is 0.492 e. The van der Waals surface area contributed by atoms with Gasteiger partial charge in [0.05, 0.1) is 17.5 Å². The van der Waals surface area contributed by atoms with E-state index in [0.717, 1.165) is 11.3 Å². The number of nitrogens with one attached hydrogen (secondary N) is 1. The average Bonchev–Trinajstić information content (AvgIpc) is 2.35. The molecule has 0 saturated heterocycles. The highest BCUT2D eigenvalue weighted by Gasteiger charge is 2.25. The third-order valence-electron chi connectivity index (χ3n) is 2.69. The molecule has 1 aliphatic rings. The normalized spacial score (nSPS) is 17.8. The highest BCUT2D eigenvalue weighted by atomic mass is 32.1. The Labute approximate surface area is 105 Å². The summed E-state index contributed by atoms with van der Waals surface area (Å²) in [6.45, 7) is 0.645. The van der Waals surface area contributed by atoms with E-state index in [1.165, 1.54) is 0 Å². The van der Waals surface area contributed by atoms with Gasteiger partial charge in [-0.1, -0.05) is 30.4 Å². The van der Waals surface area contributed by atoms with Crippen LogP contribution < -0.4 is 15.8 Å². The van der Waals surface area contributed by atoms with Crippen LogP contribution in [0.3, 0.4) is 0 Å². The summed E-state index contributed by atoms with van der Waals surface area (Å²) in [7, 11) is 0. The molecule has 4 nitrogen and oxygen atoms in total. The molecule has 3 N–H and O–H groups in total. The summed E-state index contributed by atoms with van der Waals surface area (Å²) < 4.78 is 5.54. The number of thiocarbonyl (C=S) groups is 1. The minimum absolute atomic E-state index is 0.0627. The molecule has 0 fully saturated rings. The average molecular weight is 250 g/mol. The minimum Gasteiger partial charge on any atom is -0.492 e. The fourth-order valence-corrected chi connectivity index (χ4v) is 1.89. The molecule has 0 aliphatic carbocycles. The van der Waals surface area contributed by atoms with Crippen molar-refractivity contribution in [3.63, 3.8) is 0 Å². The van der Waals surface area contributed by atoms with Crippen molar-refractivity contribution in [2.75, 3.05) is 13.2 Å². The van der Waals surface area contributed by atoms with Crippen LogP contribution >= 0.6 is 12.2 Å². The molecule has 0 spiro atoms. The fraction of sp³-hybridized carbons (Fsp3) is 0.333. The monoisotopic (exact) mass is 250 g/mol. The van der Waals surface area contributed by atoms with Crippen LogP contribution in [0.25, 0.3) is 0 Å². The fourth-order valence-electron chi connectivity index (χ4n) is 1.81. The first-order valence-corrected chi connectivity index (χ1v) is 5.84. The molecule has 17 heavy (non-hydrogen) atoms. The van der Waals surface area contributed by atoms with Crippen LogP contribution in [0.5, 0.6) is 5.75 Å². The lowest BCUT2D eigenvalue weighted by molar-refractivity contribution is -0.125. The maximum Gasteiger partial charge on any atom is 0.227 e. The summed E-state index contributed by atoms with van der Waals surface area (Å²) in [6.07, 6.45) is 0.694. The molecule has 1 atom stereocenters. The Hall–Kier alpha value is -1.62. The smallest absolute Gasteiger partial charge is 0.227 e. The number of carbonyl (C=O) groups is 1. The van der Waals surface area contributed by atoms with E-state index in [1.807, 2.05) is 24.3 Å². The van der Waals surface area contributed by atoms with E-state index in [-0.39, 0.29) is 23.4 Å². The molecule has 0 bridgehead atoms. The Bertz CT molecular complexity index is 448. The number of hydrogen-bond donors (Lipinski definition) is 2. The van der Waals surface area contributed by atoms with Crippen molar-refractivity contribution in [3.05, 3.63) is 29.8 Å². The van der Waals surface area contributed by atoms with E-state index >= 15 is 0 Å². The molecule has 1 aromatic carbocycles. The maximum atomic E-state index is 11.8. The van der Waals surface area contributed by atoms with Crippen molar-refractivity contribution < 1.29 is 9.53 Å². The number of amides is 1. The van der Waals surface area contributed by atoms with Crippen molar-refractivity contribution >= 4 is 23.1 Å². The summed E-state index contributed by atoms with van der Waals surface area (Å²) in [5.41, 5.74) is 6.40. The van der Waals surface area contributed by atoms with Crippen molar-refractivity contribution in [3.8, 4) is 5.75 Å². The van der Waals surface area contributed by atoms with E-state index in [9.17, 15) is 4.79 Å². The predicted octanol–water partition coefficient (Wildman–Crippen LogP) is 0.640. The van der Waals surface area contributed by atoms with Crippen LogP contribution in [0.4, 0.5) is 0 Å². The SMILES string of the molecule is NC(=S)CNC(=O)C1COc2ccccc2C1. The molecule has 1 aromatic rings. The number of carbonyl (C=O) groups excluding carboxylic acids is 1. The van der Waals surface area contributed by atoms with E-state index in [4.69, 9.17) is 22.7 Å². The molecule has 0 radical (unpaired) electrons. The van der Waals surface area contributed by atoms with Crippen molar-refractivity contribution in [2.45, 2.75) is 6.42 Å². The lowest BCUT2D eigenvalue weighted by atomic mass is 9.96.